The zero-order valence-corrected chi connectivity index (χ0v) is 13.0. The Morgan fingerprint density at radius 3 is 2.35 bits per heavy atom. The molecule has 0 saturated heterocycles. The summed E-state index contributed by atoms with van der Waals surface area (Å²) in [6.45, 7) is 12.6. The number of esters is 1. The molecule has 0 aromatic rings. The van der Waals surface area contributed by atoms with E-state index in [0.29, 0.717) is 24.5 Å². The van der Waals surface area contributed by atoms with Gasteiger partial charge in [0.15, 0.2) is 9.76 Å². The fourth-order valence-corrected chi connectivity index (χ4v) is 3.43. The summed E-state index contributed by atoms with van der Waals surface area (Å²) in [7, 11) is -0.490. The van der Waals surface area contributed by atoms with E-state index in [2.05, 4.69) is 34.3 Å². The molecule has 0 unspecified atom stereocenters. The van der Waals surface area contributed by atoms with Gasteiger partial charge >= 0.3 is 5.97 Å². The van der Waals surface area contributed by atoms with Crippen LogP contribution in [-0.4, -0.2) is 28.4 Å². The van der Waals surface area contributed by atoms with Crippen molar-refractivity contribution in [1.29, 1.82) is 0 Å². The van der Waals surface area contributed by atoms with Crippen molar-refractivity contribution in [2.75, 3.05) is 6.61 Å². The van der Waals surface area contributed by atoms with Gasteiger partial charge in [0, 0.05) is 12.2 Å². The van der Waals surface area contributed by atoms with E-state index in [9.17, 15) is 4.79 Å². The van der Waals surface area contributed by atoms with E-state index >= 15 is 0 Å². The molecule has 0 amide bonds. The number of hydrogen-bond acceptors (Lipinski definition) is 3. The minimum absolute atomic E-state index is 0.338. The van der Waals surface area contributed by atoms with E-state index in [1.165, 1.54) is 6.08 Å². The van der Waals surface area contributed by atoms with Gasteiger partial charge in [0.1, 0.15) is 0 Å². The molecule has 0 saturated carbocycles. The fourth-order valence-electron chi connectivity index (χ4n) is 1.81. The van der Waals surface area contributed by atoms with Crippen LogP contribution in [0.25, 0.3) is 0 Å². The lowest BCUT2D eigenvalue weighted by molar-refractivity contribution is -0.137. The first-order valence-electron chi connectivity index (χ1n) is 6.39. The van der Waals surface area contributed by atoms with Crippen molar-refractivity contribution >= 4 is 15.7 Å². The maximum absolute atomic E-state index is 10.8. The first-order valence-corrected chi connectivity index (χ1v) is 7.97. The van der Waals surface area contributed by atoms with Crippen molar-refractivity contribution in [1.82, 2.24) is 0 Å². The van der Waals surface area contributed by atoms with Crippen LogP contribution in [0.3, 0.4) is 0 Å². The van der Waals surface area contributed by atoms with Gasteiger partial charge in [0.25, 0.3) is 0 Å². The lowest BCUT2D eigenvalue weighted by Crippen LogP contribution is -2.27. The molecule has 0 N–H and O–H groups in total. The molecule has 100 valence electrons. The second kappa shape index (κ2) is 9.42. The number of carbonyl (C=O) groups is 1. The number of ether oxygens (including phenoxy) is 1. The molecule has 0 aromatic heterocycles. The first-order chi connectivity index (χ1) is 7.99. The Hall–Kier alpha value is -0.613. The van der Waals surface area contributed by atoms with Gasteiger partial charge < -0.3 is 9.16 Å². The normalized spacial score (nSPS) is 11.9. The van der Waals surface area contributed by atoms with Gasteiger partial charge in [-0.05, 0) is 24.3 Å². The number of hydrogen-bond donors (Lipinski definition) is 0. The minimum atomic E-state index is -0.490. The van der Waals surface area contributed by atoms with E-state index in [0.717, 1.165) is 12.5 Å². The molecular weight excluding hydrogens is 232 g/mol. The van der Waals surface area contributed by atoms with Gasteiger partial charge in [-0.2, -0.15) is 0 Å². The summed E-state index contributed by atoms with van der Waals surface area (Å²) in [5.74, 6) is 0.803. The standard InChI is InChI=1S/C13H26O3Si/c1-6-12(14)15-8-7-9-17-16-13(10(2)3)11(4)5/h6,10-11,13H,1,7-9,17H2,2-5H3. The van der Waals surface area contributed by atoms with Gasteiger partial charge in [-0.3, -0.25) is 0 Å². The largest absolute Gasteiger partial charge is 0.463 e. The Morgan fingerprint density at radius 2 is 1.88 bits per heavy atom. The Bertz CT molecular complexity index is 219. The third-order valence-electron chi connectivity index (χ3n) is 2.57. The molecule has 4 heteroatoms. The third kappa shape index (κ3) is 8.16. The topological polar surface area (TPSA) is 35.5 Å². The van der Waals surface area contributed by atoms with Crippen LogP contribution in [-0.2, 0) is 14.0 Å². The van der Waals surface area contributed by atoms with Crippen LogP contribution in [0.2, 0.25) is 6.04 Å². The predicted octanol–water partition coefficient (Wildman–Crippen LogP) is 2.30. The molecule has 0 aliphatic heterocycles. The molecule has 0 aliphatic carbocycles. The molecule has 3 nitrogen and oxygen atoms in total. The van der Waals surface area contributed by atoms with Gasteiger partial charge in [-0.1, -0.05) is 34.3 Å². The van der Waals surface area contributed by atoms with Crippen LogP contribution in [0.4, 0.5) is 0 Å². The lowest BCUT2D eigenvalue weighted by atomic mass is 9.97. The highest BCUT2D eigenvalue weighted by molar-refractivity contribution is 6.27. The van der Waals surface area contributed by atoms with Crippen LogP contribution in [0.1, 0.15) is 34.1 Å². The summed E-state index contributed by atoms with van der Waals surface area (Å²) in [6, 6.07) is 1.06. The molecule has 0 rings (SSSR count). The van der Waals surface area contributed by atoms with E-state index < -0.39 is 9.76 Å². The summed E-state index contributed by atoms with van der Waals surface area (Å²) in [4.78, 5) is 10.8. The maximum atomic E-state index is 10.8. The lowest BCUT2D eigenvalue weighted by Gasteiger charge is -2.25. The summed E-state index contributed by atoms with van der Waals surface area (Å²) >= 11 is 0. The van der Waals surface area contributed by atoms with Gasteiger partial charge in [0.2, 0.25) is 0 Å². The highest BCUT2D eigenvalue weighted by Crippen LogP contribution is 2.15. The highest BCUT2D eigenvalue weighted by atomic mass is 28.2. The van der Waals surface area contributed by atoms with Crippen LogP contribution in [0.5, 0.6) is 0 Å². The summed E-state index contributed by atoms with van der Waals surface area (Å²) in [5.41, 5.74) is 0. The average Bonchev–Trinajstić information content (AvgIpc) is 2.26. The van der Waals surface area contributed by atoms with Gasteiger partial charge in [-0.25, -0.2) is 4.79 Å². The van der Waals surface area contributed by atoms with E-state index in [1.54, 1.807) is 0 Å². The highest BCUT2D eigenvalue weighted by Gasteiger charge is 2.17. The van der Waals surface area contributed by atoms with Crippen molar-refractivity contribution in [2.24, 2.45) is 11.8 Å². The molecule has 0 atom stereocenters. The van der Waals surface area contributed by atoms with E-state index in [-0.39, 0.29) is 5.97 Å². The third-order valence-corrected chi connectivity index (χ3v) is 3.98. The zero-order valence-electron chi connectivity index (χ0n) is 11.6. The van der Waals surface area contributed by atoms with Crippen LogP contribution in [0, 0.1) is 11.8 Å². The molecule has 0 aliphatic rings. The molecule has 0 radical (unpaired) electrons. The second-order valence-electron chi connectivity index (χ2n) is 4.90. The Morgan fingerprint density at radius 1 is 1.29 bits per heavy atom. The molecule has 0 fully saturated rings. The van der Waals surface area contributed by atoms with Crippen molar-refractivity contribution < 1.29 is 14.0 Å². The van der Waals surface area contributed by atoms with Gasteiger partial charge in [0.05, 0.1) is 6.61 Å². The van der Waals surface area contributed by atoms with Crippen molar-refractivity contribution in [3.63, 3.8) is 0 Å². The monoisotopic (exact) mass is 258 g/mol. The molecule has 0 spiro atoms. The summed E-state index contributed by atoms with van der Waals surface area (Å²) in [6.07, 6.45) is 2.47. The fraction of sp³-hybridized carbons (Fsp3) is 0.769. The predicted molar refractivity (Wildman–Crippen MR) is 73.7 cm³/mol. The van der Waals surface area contributed by atoms with E-state index in [4.69, 9.17) is 9.16 Å². The minimum Gasteiger partial charge on any atom is -0.463 e. The molecule has 0 heterocycles. The Balaban J connectivity index is 3.55. The summed E-state index contributed by atoms with van der Waals surface area (Å²) in [5, 5.41) is 0. The SMILES string of the molecule is C=CC(=O)OCCC[SiH2]OC(C(C)C)C(C)C. The molecule has 17 heavy (non-hydrogen) atoms. The van der Waals surface area contributed by atoms with Crippen molar-refractivity contribution in [3.05, 3.63) is 12.7 Å². The molecule has 0 bridgehead atoms. The molecule has 0 aromatic carbocycles. The van der Waals surface area contributed by atoms with E-state index in [1.807, 2.05) is 0 Å². The number of carbonyl (C=O) groups excluding carboxylic acids is 1. The Labute approximate surface area is 108 Å². The molecular formula is C13H26O3Si. The number of rotatable bonds is 9. The van der Waals surface area contributed by atoms with Crippen LogP contribution >= 0.6 is 0 Å². The van der Waals surface area contributed by atoms with Crippen molar-refractivity contribution in [3.8, 4) is 0 Å². The Kier molecular flexibility index (Phi) is 9.08. The quantitative estimate of drug-likeness (QED) is 0.275. The smallest absolute Gasteiger partial charge is 0.330 e. The average molecular weight is 258 g/mol. The maximum Gasteiger partial charge on any atom is 0.330 e. The summed E-state index contributed by atoms with van der Waals surface area (Å²) < 4.78 is 10.9. The first kappa shape index (κ1) is 16.4. The zero-order chi connectivity index (χ0) is 13.3. The van der Waals surface area contributed by atoms with Crippen molar-refractivity contribution in [2.45, 2.75) is 46.3 Å². The second-order valence-corrected chi connectivity index (χ2v) is 6.35. The van der Waals surface area contributed by atoms with Gasteiger partial charge in [-0.15, -0.1) is 0 Å². The van der Waals surface area contributed by atoms with Crippen LogP contribution in [0.15, 0.2) is 12.7 Å². The van der Waals surface area contributed by atoms with Crippen LogP contribution < -0.4 is 0 Å².